The molecule has 5 rings (SSSR count). The predicted molar refractivity (Wildman–Crippen MR) is 148 cm³/mol. The van der Waals surface area contributed by atoms with E-state index in [2.05, 4.69) is 9.97 Å². The lowest BCUT2D eigenvalue weighted by Gasteiger charge is -2.26. The van der Waals surface area contributed by atoms with Crippen molar-refractivity contribution in [1.82, 2.24) is 9.97 Å². The van der Waals surface area contributed by atoms with Gasteiger partial charge in [0, 0.05) is 23.2 Å². The van der Waals surface area contributed by atoms with Gasteiger partial charge in [0.05, 0.1) is 29.8 Å². The van der Waals surface area contributed by atoms with Crippen LogP contribution in [0, 0.1) is 5.82 Å². The Bertz CT molecular complexity index is 1600. The minimum absolute atomic E-state index is 0.135. The molecule has 0 aliphatic heterocycles. The van der Waals surface area contributed by atoms with E-state index in [-0.39, 0.29) is 19.0 Å². The zero-order valence-corrected chi connectivity index (χ0v) is 21.6. The first kappa shape index (κ1) is 26.4. The Morgan fingerprint density at radius 3 is 2.72 bits per heavy atom. The van der Waals surface area contributed by atoms with E-state index in [0.29, 0.717) is 45.9 Å². The molecule has 200 valence electrons. The van der Waals surface area contributed by atoms with Crippen LogP contribution in [0.5, 0.6) is 5.75 Å². The van der Waals surface area contributed by atoms with E-state index in [9.17, 15) is 14.6 Å². The first-order valence-corrected chi connectivity index (χ1v) is 12.6. The zero-order valence-electron chi connectivity index (χ0n) is 20.8. The minimum Gasteiger partial charge on any atom is -0.487 e. The molecule has 2 heterocycles. The molecule has 39 heavy (non-hydrogen) atoms. The SMILES string of the molecule is Nc1ncnc2ccc(-c3ccc(CN(CC(O)CO)c4ccc(OCc5cccc(F)c5)c(Cl)c4)o3)cc12. The molecule has 0 saturated heterocycles. The van der Waals surface area contributed by atoms with Crippen molar-refractivity contribution in [2.45, 2.75) is 19.3 Å². The number of anilines is 2. The molecule has 0 spiro atoms. The van der Waals surface area contributed by atoms with Gasteiger partial charge in [-0.25, -0.2) is 14.4 Å². The van der Waals surface area contributed by atoms with Crippen molar-refractivity contribution in [3.05, 3.63) is 101 Å². The van der Waals surface area contributed by atoms with Crippen LogP contribution in [0.25, 0.3) is 22.2 Å². The highest BCUT2D eigenvalue weighted by molar-refractivity contribution is 6.32. The van der Waals surface area contributed by atoms with Crippen LogP contribution in [0.3, 0.4) is 0 Å². The maximum absolute atomic E-state index is 13.5. The van der Waals surface area contributed by atoms with Crippen LogP contribution in [-0.4, -0.2) is 39.4 Å². The summed E-state index contributed by atoms with van der Waals surface area (Å²) in [5, 5.41) is 20.7. The van der Waals surface area contributed by atoms with Gasteiger partial charge in [-0.3, -0.25) is 0 Å². The van der Waals surface area contributed by atoms with Crippen molar-refractivity contribution in [2.24, 2.45) is 0 Å². The number of rotatable bonds is 10. The zero-order chi connectivity index (χ0) is 27.4. The summed E-state index contributed by atoms with van der Waals surface area (Å²) in [7, 11) is 0. The van der Waals surface area contributed by atoms with E-state index < -0.39 is 12.7 Å². The molecule has 8 nitrogen and oxygen atoms in total. The van der Waals surface area contributed by atoms with Crippen LogP contribution in [0.15, 0.2) is 83.5 Å². The number of hydrogen-bond donors (Lipinski definition) is 3. The number of aliphatic hydroxyl groups excluding tert-OH is 2. The summed E-state index contributed by atoms with van der Waals surface area (Å²) >= 11 is 6.51. The van der Waals surface area contributed by atoms with Crippen LogP contribution < -0.4 is 15.4 Å². The second kappa shape index (κ2) is 11.7. The maximum atomic E-state index is 13.5. The second-order valence-corrected chi connectivity index (χ2v) is 9.41. The number of aliphatic hydroxyl groups is 2. The van der Waals surface area contributed by atoms with Gasteiger partial charge in [0.2, 0.25) is 0 Å². The van der Waals surface area contributed by atoms with Crippen molar-refractivity contribution >= 4 is 34.0 Å². The fourth-order valence-corrected chi connectivity index (χ4v) is 4.43. The molecule has 0 fully saturated rings. The summed E-state index contributed by atoms with van der Waals surface area (Å²) in [4.78, 5) is 10.1. The third-order valence-electron chi connectivity index (χ3n) is 6.16. The van der Waals surface area contributed by atoms with E-state index in [4.69, 9.17) is 26.5 Å². The molecule has 1 unspecified atom stereocenters. The third-order valence-corrected chi connectivity index (χ3v) is 6.46. The fourth-order valence-electron chi connectivity index (χ4n) is 4.20. The van der Waals surface area contributed by atoms with Crippen LogP contribution >= 0.6 is 11.6 Å². The number of aromatic nitrogens is 2. The molecule has 2 aromatic heterocycles. The van der Waals surface area contributed by atoms with Crippen LogP contribution in [0.1, 0.15) is 11.3 Å². The number of nitrogen functional groups attached to an aromatic ring is 1. The van der Waals surface area contributed by atoms with Gasteiger partial charge in [0.15, 0.2) is 0 Å². The Morgan fingerprint density at radius 1 is 1.05 bits per heavy atom. The average Bonchev–Trinajstić information content (AvgIpc) is 3.40. The van der Waals surface area contributed by atoms with Crippen molar-refractivity contribution in [2.75, 3.05) is 23.8 Å². The van der Waals surface area contributed by atoms with Crippen LogP contribution in [0.4, 0.5) is 15.9 Å². The van der Waals surface area contributed by atoms with E-state index in [0.717, 1.165) is 16.5 Å². The molecule has 0 aliphatic carbocycles. The molecule has 3 aromatic carbocycles. The lowest BCUT2D eigenvalue weighted by atomic mass is 10.1. The topological polar surface area (TPSA) is 118 Å². The maximum Gasteiger partial charge on any atom is 0.138 e. The van der Waals surface area contributed by atoms with Crippen LogP contribution in [-0.2, 0) is 13.2 Å². The van der Waals surface area contributed by atoms with Gasteiger partial charge in [-0.1, -0.05) is 23.7 Å². The molecule has 0 bridgehead atoms. The number of ether oxygens (including phenoxy) is 1. The molecule has 0 saturated carbocycles. The second-order valence-electron chi connectivity index (χ2n) is 9.01. The normalized spacial score (nSPS) is 12.0. The van der Waals surface area contributed by atoms with Gasteiger partial charge in [0.1, 0.15) is 41.8 Å². The highest BCUT2D eigenvalue weighted by Gasteiger charge is 2.17. The molecular formula is C29H26ClFN4O4. The Balaban J connectivity index is 1.35. The van der Waals surface area contributed by atoms with Gasteiger partial charge in [-0.15, -0.1) is 0 Å². The Labute approximate surface area is 229 Å². The number of nitrogens with zero attached hydrogens (tertiary/aromatic N) is 3. The van der Waals surface area contributed by atoms with Crippen molar-refractivity contribution < 1.29 is 23.8 Å². The van der Waals surface area contributed by atoms with Crippen molar-refractivity contribution in [3.8, 4) is 17.1 Å². The summed E-state index contributed by atoms with van der Waals surface area (Å²) < 4.78 is 25.4. The highest BCUT2D eigenvalue weighted by Crippen LogP contribution is 2.32. The summed E-state index contributed by atoms with van der Waals surface area (Å²) in [5.41, 5.74) is 8.94. The molecule has 5 aromatic rings. The van der Waals surface area contributed by atoms with E-state index in [1.165, 1.54) is 18.5 Å². The van der Waals surface area contributed by atoms with Gasteiger partial charge in [-0.05, 0) is 66.2 Å². The summed E-state index contributed by atoms with van der Waals surface area (Å²) in [6.45, 7) is 0.195. The number of halogens is 2. The average molecular weight is 549 g/mol. The minimum atomic E-state index is -0.981. The molecule has 0 amide bonds. The number of nitrogens with two attached hydrogens (primary N) is 1. The summed E-state index contributed by atoms with van der Waals surface area (Å²) in [5.74, 6) is 1.76. The number of fused-ring (bicyclic) bond motifs is 1. The first-order valence-electron chi connectivity index (χ1n) is 12.2. The smallest absolute Gasteiger partial charge is 0.138 e. The molecular weight excluding hydrogens is 523 g/mol. The van der Waals surface area contributed by atoms with Gasteiger partial charge in [-0.2, -0.15) is 0 Å². The number of hydrogen-bond acceptors (Lipinski definition) is 8. The van der Waals surface area contributed by atoms with Gasteiger partial charge in [0.25, 0.3) is 0 Å². The molecule has 10 heteroatoms. The lowest BCUT2D eigenvalue weighted by Crippen LogP contribution is -2.33. The lowest BCUT2D eigenvalue weighted by molar-refractivity contribution is 0.0994. The molecule has 0 aliphatic rings. The molecule has 1 atom stereocenters. The van der Waals surface area contributed by atoms with Crippen molar-refractivity contribution in [1.29, 1.82) is 0 Å². The van der Waals surface area contributed by atoms with Crippen LogP contribution in [0.2, 0.25) is 5.02 Å². The Morgan fingerprint density at radius 2 is 1.92 bits per heavy atom. The monoisotopic (exact) mass is 548 g/mol. The highest BCUT2D eigenvalue weighted by atomic mass is 35.5. The predicted octanol–water partition coefficient (Wildman–Crippen LogP) is 5.20. The number of benzene rings is 3. The standard InChI is InChI=1S/C29H26ClFN4O4/c30-25-12-21(5-8-28(25)38-16-18-2-1-3-20(31)10-18)35(13-22(37)15-36)14-23-6-9-27(39-23)19-4-7-26-24(11-19)29(32)34-17-33-26/h1-12,17,22,36-37H,13-16H2,(H2,32,33,34). The van der Waals surface area contributed by atoms with E-state index in [1.807, 2.05) is 35.2 Å². The largest absolute Gasteiger partial charge is 0.487 e. The van der Waals surface area contributed by atoms with Gasteiger partial charge >= 0.3 is 0 Å². The first-order chi connectivity index (χ1) is 18.9. The third kappa shape index (κ3) is 6.28. The van der Waals surface area contributed by atoms with E-state index >= 15 is 0 Å². The molecule has 0 radical (unpaired) electrons. The number of furan rings is 1. The summed E-state index contributed by atoms with van der Waals surface area (Å²) in [6.07, 6.45) is 0.443. The quantitative estimate of drug-likeness (QED) is 0.218. The Hall–Kier alpha value is -4.18. The molecule has 4 N–H and O–H groups in total. The summed E-state index contributed by atoms with van der Waals surface area (Å²) in [6, 6.07) is 20.7. The van der Waals surface area contributed by atoms with E-state index in [1.54, 1.807) is 30.3 Å². The Kier molecular flexibility index (Phi) is 7.92. The fraction of sp³-hybridized carbons (Fsp3) is 0.172. The van der Waals surface area contributed by atoms with Crippen molar-refractivity contribution in [3.63, 3.8) is 0 Å². The van der Waals surface area contributed by atoms with Gasteiger partial charge < -0.3 is 30.0 Å².